The van der Waals surface area contributed by atoms with Crippen LogP contribution in [0, 0.1) is 5.82 Å². The van der Waals surface area contributed by atoms with E-state index in [1.807, 2.05) is 0 Å². The van der Waals surface area contributed by atoms with Gasteiger partial charge in [-0.3, -0.25) is 0 Å². The summed E-state index contributed by atoms with van der Waals surface area (Å²) in [4.78, 5) is 1.26. The number of likely N-dealkylation sites (N-methyl/N-ethyl adjacent to an activating group) is 1. The molecule has 0 saturated heterocycles. The van der Waals surface area contributed by atoms with Crippen molar-refractivity contribution >= 4 is 0 Å². The molecule has 0 spiro atoms. The van der Waals surface area contributed by atoms with Crippen molar-refractivity contribution in [3.8, 4) is 5.75 Å². The first-order valence-electron chi connectivity index (χ1n) is 5.61. The van der Waals surface area contributed by atoms with Crippen LogP contribution in [0.3, 0.4) is 0 Å². The molecule has 0 aliphatic carbocycles. The van der Waals surface area contributed by atoms with E-state index in [-0.39, 0.29) is 18.9 Å². The summed E-state index contributed by atoms with van der Waals surface area (Å²) < 4.78 is 54.5. The molecule has 3 nitrogen and oxygen atoms in total. The van der Waals surface area contributed by atoms with Crippen molar-refractivity contribution in [3.63, 3.8) is 0 Å². The summed E-state index contributed by atoms with van der Waals surface area (Å²) in [7, 11) is 1.42. The van der Waals surface area contributed by atoms with Gasteiger partial charge in [-0.25, -0.2) is 4.39 Å². The molecule has 1 unspecified atom stereocenters. The van der Waals surface area contributed by atoms with Crippen molar-refractivity contribution in [1.29, 1.82) is 0 Å². The molecular weight excluding hydrogens is 266 g/mol. The lowest BCUT2D eigenvalue weighted by molar-refractivity contribution is -0.207. The first kappa shape index (κ1) is 15.7. The van der Waals surface area contributed by atoms with Crippen LogP contribution < -0.4 is 4.74 Å². The number of aliphatic hydroxyl groups is 1. The summed E-state index contributed by atoms with van der Waals surface area (Å²) in [5.74, 6) is -0.479. The lowest BCUT2D eigenvalue weighted by Gasteiger charge is -2.22. The Morgan fingerprint density at radius 1 is 1.32 bits per heavy atom. The minimum absolute atomic E-state index is 0.0298. The molecule has 0 fully saturated rings. The molecule has 0 saturated carbocycles. The minimum Gasteiger partial charge on any atom is -0.489 e. The summed E-state index contributed by atoms with van der Waals surface area (Å²) in [5, 5.41) is 8.85. The van der Waals surface area contributed by atoms with Gasteiger partial charge >= 0.3 is 6.18 Å². The van der Waals surface area contributed by atoms with Crippen LogP contribution in [-0.2, 0) is 0 Å². The molecule has 0 amide bonds. The lowest BCUT2D eigenvalue weighted by atomic mass is 10.3. The Bertz CT molecular complexity index is 398. The fourth-order valence-corrected chi connectivity index (χ4v) is 1.36. The zero-order valence-electron chi connectivity index (χ0n) is 10.3. The number of rotatable bonds is 6. The zero-order valence-corrected chi connectivity index (χ0v) is 10.3. The van der Waals surface area contributed by atoms with Crippen LogP contribution in [0.1, 0.15) is 0 Å². The number of alkyl halides is 3. The molecule has 0 heterocycles. The molecule has 0 aliphatic rings. The smallest absolute Gasteiger partial charge is 0.415 e. The Hall–Kier alpha value is -1.34. The Labute approximate surface area is 108 Å². The lowest BCUT2D eigenvalue weighted by Crippen LogP contribution is -2.40. The molecule has 108 valence electrons. The van der Waals surface area contributed by atoms with Crippen molar-refractivity contribution in [2.45, 2.75) is 12.3 Å². The van der Waals surface area contributed by atoms with Gasteiger partial charge in [0.05, 0.1) is 0 Å². The summed E-state index contributed by atoms with van der Waals surface area (Å²) in [6, 6.07) is 5.76. The van der Waals surface area contributed by atoms with Gasteiger partial charge < -0.3 is 14.7 Å². The monoisotopic (exact) mass is 281 g/mol. The number of halogens is 4. The summed E-state index contributed by atoms with van der Waals surface area (Å²) in [6.07, 6.45) is -7.04. The third-order valence-electron chi connectivity index (χ3n) is 2.43. The standard InChI is InChI=1S/C12H15F4NO2/c1-17(8-11(18)12(14,15)16)6-7-19-10-5-3-2-4-9(10)13/h2-5,11,18H,6-8H2,1H3. The van der Waals surface area contributed by atoms with Gasteiger partial charge in [-0.2, -0.15) is 13.2 Å². The van der Waals surface area contributed by atoms with Crippen molar-refractivity contribution in [1.82, 2.24) is 4.90 Å². The maximum atomic E-state index is 13.2. The topological polar surface area (TPSA) is 32.7 Å². The van der Waals surface area contributed by atoms with Crippen molar-refractivity contribution < 1.29 is 27.4 Å². The van der Waals surface area contributed by atoms with Gasteiger partial charge in [0, 0.05) is 13.1 Å². The molecule has 0 aromatic heterocycles. The fourth-order valence-electron chi connectivity index (χ4n) is 1.36. The average Bonchev–Trinajstić information content (AvgIpc) is 2.30. The number of benzene rings is 1. The van der Waals surface area contributed by atoms with E-state index in [0.29, 0.717) is 0 Å². The number of para-hydroxylation sites is 1. The normalized spacial score (nSPS) is 13.6. The number of hydrogen-bond donors (Lipinski definition) is 1. The van der Waals surface area contributed by atoms with Gasteiger partial charge in [-0.05, 0) is 19.2 Å². The third kappa shape index (κ3) is 5.44. The maximum Gasteiger partial charge on any atom is 0.415 e. The van der Waals surface area contributed by atoms with Gasteiger partial charge in [-0.15, -0.1) is 0 Å². The van der Waals surface area contributed by atoms with Crippen LogP contribution in [0.4, 0.5) is 17.6 Å². The summed E-state index contributed by atoms with van der Waals surface area (Å²) in [5.41, 5.74) is 0. The number of aliphatic hydroxyl groups excluding tert-OH is 1. The van der Waals surface area contributed by atoms with E-state index >= 15 is 0 Å². The van der Waals surface area contributed by atoms with E-state index in [4.69, 9.17) is 9.84 Å². The van der Waals surface area contributed by atoms with E-state index in [2.05, 4.69) is 0 Å². The third-order valence-corrected chi connectivity index (χ3v) is 2.43. The van der Waals surface area contributed by atoms with Crippen LogP contribution in [-0.4, -0.2) is 49.0 Å². The van der Waals surface area contributed by atoms with E-state index < -0.39 is 24.6 Å². The molecule has 1 aromatic rings. The summed E-state index contributed by atoms with van der Waals surface area (Å²) in [6.45, 7) is -0.381. The molecule has 1 atom stereocenters. The Morgan fingerprint density at radius 2 is 1.95 bits per heavy atom. The predicted octanol–water partition coefficient (Wildman–Crippen LogP) is 2.06. The fraction of sp³-hybridized carbons (Fsp3) is 0.500. The number of ether oxygens (including phenoxy) is 1. The van der Waals surface area contributed by atoms with Crippen molar-refractivity contribution in [3.05, 3.63) is 30.1 Å². The molecular formula is C12H15F4NO2. The molecule has 7 heteroatoms. The second-order valence-corrected chi connectivity index (χ2v) is 4.10. The quantitative estimate of drug-likeness (QED) is 0.810. The molecule has 1 N–H and O–H groups in total. The minimum atomic E-state index is -4.64. The molecule has 1 aromatic carbocycles. The predicted molar refractivity (Wildman–Crippen MR) is 61.5 cm³/mol. The highest BCUT2D eigenvalue weighted by Gasteiger charge is 2.38. The Morgan fingerprint density at radius 3 is 2.53 bits per heavy atom. The van der Waals surface area contributed by atoms with Crippen molar-refractivity contribution in [2.75, 3.05) is 26.7 Å². The van der Waals surface area contributed by atoms with Crippen LogP contribution in [0.5, 0.6) is 5.75 Å². The highest BCUT2D eigenvalue weighted by molar-refractivity contribution is 5.23. The molecule has 0 aliphatic heterocycles. The van der Waals surface area contributed by atoms with Crippen LogP contribution >= 0.6 is 0 Å². The van der Waals surface area contributed by atoms with Crippen molar-refractivity contribution in [2.24, 2.45) is 0 Å². The van der Waals surface area contributed by atoms with E-state index in [0.717, 1.165) is 0 Å². The van der Waals surface area contributed by atoms with Gasteiger partial charge in [-0.1, -0.05) is 12.1 Å². The maximum absolute atomic E-state index is 13.2. The molecule has 0 bridgehead atoms. The molecule has 19 heavy (non-hydrogen) atoms. The molecule has 1 rings (SSSR count). The Kier molecular flexibility index (Phi) is 5.56. The van der Waals surface area contributed by atoms with Crippen LogP contribution in [0.15, 0.2) is 24.3 Å². The van der Waals surface area contributed by atoms with Crippen LogP contribution in [0.25, 0.3) is 0 Å². The van der Waals surface area contributed by atoms with Gasteiger partial charge in [0.25, 0.3) is 0 Å². The summed E-state index contributed by atoms with van der Waals surface area (Å²) >= 11 is 0. The highest BCUT2D eigenvalue weighted by atomic mass is 19.4. The first-order chi connectivity index (χ1) is 8.80. The molecule has 0 radical (unpaired) electrons. The highest BCUT2D eigenvalue weighted by Crippen LogP contribution is 2.20. The van der Waals surface area contributed by atoms with E-state index in [9.17, 15) is 17.6 Å². The van der Waals surface area contributed by atoms with Gasteiger partial charge in [0.15, 0.2) is 17.7 Å². The number of nitrogens with zero attached hydrogens (tertiary/aromatic N) is 1. The SMILES string of the molecule is CN(CCOc1ccccc1F)CC(O)C(F)(F)F. The second-order valence-electron chi connectivity index (χ2n) is 4.10. The number of hydrogen-bond acceptors (Lipinski definition) is 3. The van der Waals surface area contributed by atoms with Gasteiger partial charge in [0.1, 0.15) is 6.61 Å². The van der Waals surface area contributed by atoms with Gasteiger partial charge in [0.2, 0.25) is 0 Å². The van der Waals surface area contributed by atoms with Crippen LogP contribution in [0.2, 0.25) is 0 Å². The zero-order chi connectivity index (χ0) is 14.5. The van der Waals surface area contributed by atoms with E-state index in [1.165, 1.54) is 30.1 Å². The van der Waals surface area contributed by atoms with E-state index in [1.54, 1.807) is 6.07 Å². The second kappa shape index (κ2) is 6.72. The first-order valence-corrected chi connectivity index (χ1v) is 5.61. The largest absolute Gasteiger partial charge is 0.489 e. The average molecular weight is 281 g/mol. The Balaban J connectivity index is 2.32.